The number of rotatable bonds is 3. The number of H-pyrrole nitrogens is 1. The second-order valence-electron chi connectivity index (χ2n) is 10.0. The molecule has 2 amide bonds. The highest BCUT2D eigenvalue weighted by Gasteiger charge is 2.36. The Bertz CT molecular complexity index is 1780. The van der Waals surface area contributed by atoms with Gasteiger partial charge in [0.05, 0.1) is 23.1 Å². The standard InChI is InChI=1S/C28H23F3N4O4S/c29-28(30,31)25-22-12-16(8-9-23(22)33-34-25)27(37)35-11-10-19-17(13-35)5-3-7-21(19)26(36)32-24-15-40(38,39)14-18-4-1-2-6-20(18)24/h1-9,12,24H,10-11,13-15H2,(H,32,36)(H,33,34). The lowest BCUT2D eigenvalue weighted by molar-refractivity contribution is -0.139. The number of carbonyl (C=O) groups excluding carboxylic acids is 2. The third kappa shape index (κ3) is 4.72. The van der Waals surface area contributed by atoms with E-state index in [9.17, 15) is 31.2 Å². The van der Waals surface area contributed by atoms with Crippen molar-refractivity contribution in [3.05, 3.63) is 99.7 Å². The number of halogens is 3. The number of aromatic nitrogens is 2. The molecule has 0 spiro atoms. The van der Waals surface area contributed by atoms with Crippen molar-refractivity contribution in [2.24, 2.45) is 0 Å². The van der Waals surface area contributed by atoms with Crippen molar-refractivity contribution in [3.8, 4) is 0 Å². The average molecular weight is 569 g/mol. The quantitative estimate of drug-likeness (QED) is 0.385. The van der Waals surface area contributed by atoms with E-state index in [1.807, 2.05) is 11.2 Å². The molecule has 0 fully saturated rings. The van der Waals surface area contributed by atoms with Gasteiger partial charge in [-0.15, -0.1) is 0 Å². The molecule has 4 aromatic rings. The van der Waals surface area contributed by atoms with E-state index < -0.39 is 39.6 Å². The summed E-state index contributed by atoms with van der Waals surface area (Å²) in [7, 11) is -3.38. The Morgan fingerprint density at radius 3 is 2.60 bits per heavy atom. The van der Waals surface area contributed by atoms with Crippen LogP contribution in [-0.2, 0) is 34.7 Å². The SMILES string of the molecule is O=C(NC1CS(=O)(=O)Cc2ccccc21)c1cccc2c1CCN(C(=O)c1ccc3n[nH]c(C(F)(F)F)c3c1)C2. The van der Waals surface area contributed by atoms with Crippen LogP contribution in [-0.4, -0.2) is 47.6 Å². The Balaban J connectivity index is 1.23. The molecule has 2 N–H and O–H groups in total. The van der Waals surface area contributed by atoms with Crippen LogP contribution < -0.4 is 5.32 Å². The molecular weight excluding hydrogens is 545 g/mol. The highest BCUT2D eigenvalue weighted by atomic mass is 32.2. The summed E-state index contributed by atoms with van der Waals surface area (Å²) in [5.74, 6) is -1.09. The number of hydrogen-bond donors (Lipinski definition) is 2. The van der Waals surface area contributed by atoms with Crippen molar-refractivity contribution >= 4 is 32.6 Å². The molecule has 1 atom stereocenters. The first kappa shape index (κ1) is 26.1. The maximum atomic E-state index is 13.4. The molecule has 0 saturated carbocycles. The van der Waals surface area contributed by atoms with Gasteiger partial charge in [-0.1, -0.05) is 36.4 Å². The van der Waals surface area contributed by atoms with Crippen molar-refractivity contribution in [1.29, 1.82) is 0 Å². The first-order valence-electron chi connectivity index (χ1n) is 12.5. The fourth-order valence-electron chi connectivity index (χ4n) is 5.54. The summed E-state index contributed by atoms with van der Waals surface area (Å²) in [5, 5.41) is 8.38. The topological polar surface area (TPSA) is 112 Å². The normalized spacial score (nSPS) is 18.2. The van der Waals surface area contributed by atoms with Gasteiger partial charge in [0.2, 0.25) is 0 Å². The van der Waals surface area contributed by atoms with Crippen LogP contribution in [0.25, 0.3) is 10.9 Å². The predicted octanol–water partition coefficient (Wildman–Crippen LogP) is 4.18. The van der Waals surface area contributed by atoms with Gasteiger partial charge >= 0.3 is 6.18 Å². The monoisotopic (exact) mass is 568 g/mol. The predicted molar refractivity (Wildman–Crippen MR) is 140 cm³/mol. The number of nitrogens with zero attached hydrogens (tertiary/aromatic N) is 2. The van der Waals surface area contributed by atoms with Crippen molar-refractivity contribution in [3.63, 3.8) is 0 Å². The largest absolute Gasteiger partial charge is 0.433 e. The molecule has 40 heavy (non-hydrogen) atoms. The van der Waals surface area contributed by atoms with Crippen molar-refractivity contribution < 1.29 is 31.2 Å². The first-order valence-corrected chi connectivity index (χ1v) is 14.4. The minimum Gasteiger partial charge on any atom is -0.344 e. The zero-order valence-corrected chi connectivity index (χ0v) is 21.8. The van der Waals surface area contributed by atoms with Crippen LogP contribution in [0.2, 0.25) is 0 Å². The zero-order chi connectivity index (χ0) is 28.2. The number of amides is 2. The molecule has 0 saturated heterocycles. The summed E-state index contributed by atoms with van der Waals surface area (Å²) >= 11 is 0. The lowest BCUT2D eigenvalue weighted by atomic mass is 9.93. The lowest BCUT2D eigenvalue weighted by Gasteiger charge is -2.31. The van der Waals surface area contributed by atoms with Gasteiger partial charge in [0.25, 0.3) is 11.8 Å². The Hall–Kier alpha value is -4.19. The smallest absolute Gasteiger partial charge is 0.344 e. The minimum atomic E-state index is -4.64. The Morgan fingerprint density at radius 2 is 1.80 bits per heavy atom. The Labute approximate surface area is 227 Å². The van der Waals surface area contributed by atoms with Crippen LogP contribution in [0.3, 0.4) is 0 Å². The number of hydrogen-bond acceptors (Lipinski definition) is 5. The molecule has 3 aromatic carbocycles. The van der Waals surface area contributed by atoms with E-state index in [-0.39, 0.29) is 41.1 Å². The van der Waals surface area contributed by atoms with Crippen molar-refractivity contribution in [2.45, 2.75) is 30.9 Å². The van der Waals surface area contributed by atoms with Gasteiger partial charge in [0.1, 0.15) is 5.69 Å². The fraction of sp³-hybridized carbons (Fsp3) is 0.250. The number of fused-ring (bicyclic) bond motifs is 3. The summed E-state index contributed by atoms with van der Waals surface area (Å²) < 4.78 is 64.9. The number of benzene rings is 3. The first-order chi connectivity index (χ1) is 19.0. The third-order valence-electron chi connectivity index (χ3n) is 7.41. The second kappa shape index (κ2) is 9.47. The molecule has 2 aliphatic heterocycles. The molecule has 0 bridgehead atoms. The van der Waals surface area contributed by atoms with E-state index >= 15 is 0 Å². The lowest BCUT2D eigenvalue weighted by Crippen LogP contribution is -2.39. The molecule has 1 aromatic heterocycles. The average Bonchev–Trinajstić information content (AvgIpc) is 3.35. The number of alkyl halides is 3. The van der Waals surface area contributed by atoms with Crippen LogP contribution in [0.4, 0.5) is 13.2 Å². The summed E-state index contributed by atoms with van der Waals surface area (Å²) in [5.41, 5.74) is 2.54. The van der Waals surface area contributed by atoms with E-state index in [1.54, 1.807) is 36.4 Å². The summed E-state index contributed by atoms with van der Waals surface area (Å²) in [4.78, 5) is 28.2. The summed E-state index contributed by atoms with van der Waals surface area (Å²) in [6.07, 6.45) is -4.28. The molecule has 2 aliphatic rings. The van der Waals surface area contributed by atoms with Crippen LogP contribution in [0.5, 0.6) is 0 Å². The van der Waals surface area contributed by atoms with Gasteiger partial charge in [0, 0.05) is 29.6 Å². The molecule has 3 heterocycles. The molecule has 1 unspecified atom stereocenters. The molecule has 8 nitrogen and oxygen atoms in total. The number of carbonyl (C=O) groups is 2. The second-order valence-corrected chi connectivity index (χ2v) is 12.1. The molecular formula is C28H23F3N4O4S. The highest BCUT2D eigenvalue weighted by Crippen LogP contribution is 2.34. The molecule has 6 rings (SSSR count). The van der Waals surface area contributed by atoms with Gasteiger partial charge in [0.15, 0.2) is 9.84 Å². The Kier molecular flexibility index (Phi) is 6.17. The molecule has 12 heteroatoms. The van der Waals surface area contributed by atoms with E-state index in [4.69, 9.17) is 0 Å². The van der Waals surface area contributed by atoms with Crippen LogP contribution in [0.1, 0.15) is 54.7 Å². The minimum absolute atomic E-state index is 0.0643. The van der Waals surface area contributed by atoms with Crippen LogP contribution >= 0.6 is 0 Å². The van der Waals surface area contributed by atoms with Gasteiger partial charge in [-0.25, -0.2) is 8.42 Å². The van der Waals surface area contributed by atoms with E-state index in [0.717, 1.165) is 16.7 Å². The van der Waals surface area contributed by atoms with E-state index in [0.29, 0.717) is 17.5 Å². The van der Waals surface area contributed by atoms with Gasteiger partial charge in [-0.05, 0) is 52.9 Å². The number of sulfone groups is 1. The summed E-state index contributed by atoms with van der Waals surface area (Å²) in [6, 6.07) is 15.6. The van der Waals surface area contributed by atoms with Crippen molar-refractivity contribution in [2.75, 3.05) is 12.3 Å². The van der Waals surface area contributed by atoms with Gasteiger partial charge in [-0.2, -0.15) is 18.3 Å². The molecule has 206 valence electrons. The zero-order valence-electron chi connectivity index (χ0n) is 21.0. The molecule has 0 radical (unpaired) electrons. The van der Waals surface area contributed by atoms with Crippen LogP contribution in [0, 0.1) is 0 Å². The van der Waals surface area contributed by atoms with Crippen molar-refractivity contribution in [1.82, 2.24) is 20.4 Å². The maximum absolute atomic E-state index is 13.4. The fourth-order valence-corrected chi connectivity index (χ4v) is 7.16. The highest BCUT2D eigenvalue weighted by molar-refractivity contribution is 7.90. The van der Waals surface area contributed by atoms with Gasteiger partial charge < -0.3 is 10.2 Å². The number of aromatic amines is 1. The van der Waals surface area contributed by atoms with E-state index in [2.05, 4.69) is 10.4 Å². The van der Waals surface area contributed by atoms with Crippen LogP contribution in [0.15, 0.2) is 60.7 Å². The summed E-state index contributed by atoms with van der Waals surface area (Å²) in [6.45, 7) is 0.428. The number of nitrogens with one attached hydrogen (secondary N) is 2. The third-order valence-corrected chi connectivity index (χ3v) is 9.01. The maximum Gasteiger partial charge on any atom is 0.433 e. The van der Waals surface area contributed by atoms with E-state index in [1.165, 1.54) is 23.1 Å². The van der Waals surface area contributed by atoms with Gasteiger partial charge in [-0.3, -0.25) is 14.7 Å². The molecule has 0 aliphatic carbocycles. The Morgan fingerprint density at radius 1 is 1.02 bits per heavy atom.